The molecule has 0 radical (unpaired) electrons. The van der Waals surface area contributed by atoms with Crippen LogP contribution in [0.1, 0.15) is 29.6 Å². The first-order chi connectivity index (χ1) is 13.8. The number of carbonyl (C=O) groups excluding carboxylic acids is 1. The molecule has 156 valence electrons. The van der Waals surface area contributed by atoms with Crippen LogP contribution in [-0.4, -0.2) is 46.0 Å². The number of hydrogen-bond acceptors (Lipinski definition) is 5. The Hall–Kier alpha value is -2.49. The van der Waals surface area contributed by atoms with Crippen LogP contribution < -0.4 is 10.2 Å². The number of carbonyl (C=O) groups is 1. The highest BCUT2D eigenvalue weighted by atomic mass is 32.2. The van der Waals surface area contributed by atoms with Gasteiger partial charge in [0.2, 0.25) is 0 Å². The standard InChI is InChI=1S/C20H24FN3O4S/c1-23(28-2)29(26,27)17-8-6-7-15(13-17)20(25)22-18-14-16(21)9-10-19(18)24-11-4-3-5-12-24/h6-10,13-14H,3-5,11-12H2,1-2H3,(H,22,25). The molecule has 0 unspecified atom stereocenters. The van der Waals surface area contributed by atoms with Crippen LogP contribution in [0.5, 0.6) is 0 Å². The smallest absolute Gasteiger partial charge is 0.264 e. The van der Waals surface area contributed by atoms with Gasteiger partial charge in [0.15, 0.2) is 0 Å². The fraction of sp³-hybridized carbons (Fsp3) is 0.350. The number of sulfonamides is 1. The van der Waals surface area contributed by atoms with Crippen LogP contribution >= 0.6 is 0 Å². The summed E-state index contributed by atoms with van der Waals surface area (Å²) in [6.45, 7) is 1.68. The van der Waals surface area contributed by atoms with E-state index in [1.54, 1.807) is 6.07 Å². The van der Waals surface area contributed by atoms with Crippen molar-refractivity contribution in [2.24, 2.45) is 0 Å². The predicted octanol–water partition coefficient (Wildman–Crippen LogP) is 3.25. The maximum atomic E-state index is 13.8. The fourth-order valence-electron chi connectivity index (χ4n) is 3.26. The zero-order valence-corrected chi connectivity index (χ0v) is 17.2. The van der Waals surface area contributed by atoms with E-state index in [2.05, 4.69) is 10.2 Å². The molecule has 1 aliphatic heterocycles. The number of hydroxylamine groups is 1. The quantitative estimate of drug-likeness (QED) is 0.725. The predicted molar refractivity (Wildman–Crippen MR) is 109 cm³/mol. The number of nitrogens with one attached hydrogen (secondary N) is 1. The average molecular weight is 421 g/mol. The summed E-state index contributed by atoms with van der Waals surface area (Å²) in [4.78, 5) is 19.6. The van der Waals surface area contributed by atoms with E-state index in [1.807, 2.05) is 0 Å². The van der Waals surface area contributed by atoms with Gasteiger partial charge >= 0.3 is 0 Å². The van der Waals surface area contributed by atoms with Crippen LogP contribution in [0, 0.1) is 5.82 Å². The Balaban J connectivity index is 1.88. The molecule has 0 atom stereocenters. The molecule has 9 heteroatoms. The molecule has 0 aromatic heterocycles. The summed E-state index contributed by atoms with van der Waals surface area (Å²) in [6.07, 6.45) is 3.23. The Kier molecular flexibility index (Phi) is 6.51. The van der Waals surface area contributed by atoms with Gasteiger partial charge in [-0.3, -0.25) is 9.63 Å². The Labute approximate surface area is 170 Å². The third kappa shape index (κ3) is 4.75. The number of halogens is 1. The van der Waals surface area contributed by atoms with Gasteiger partial charge in [-0.1, -0.05) is 10.5 Å². The third-order valence-corrected chi connectivity index (χ3v) is 6.57. The van der Waals surface area contributed by atoms with E-state index in [1.165, 1.54) is 50.6 Å². The lowest BCUT2D eigenvalue weighted by Crippen LogP contribution is -2.30. The molecule has 0 bridgehead atoms. The van der Waals surface area contributed by atoms with Crippen LogP contribution in [0.4, 0.5) is 15.8 Å². The molecule has 1 heterocycles. The minimum atomic E-state index is -3.89. The lowest BCUT2D eigenvalue weighted by Gasteiger charge is -2.30. The molecule has 3 rings (SSSR count). The molecule has 2 aromatic carbocycles. The van der Waals surface area contributed by atoms with E-state index < -0.39 is 21.7 Å². The highest BCUT2D eigenvalue weighted by Crippen LogP contribution is 2.30. The van der Waals surface area contributed by atoms with Crippen molar-refractivity contribution in [3.8, 4) is 0 Å². The Morgan fingerprint density at radius 1 is 1.14 bits per heavy atom. The number of anilines is 2. The summed E-state index contributed by atoms with van der Waals surface area (Å²) in [6, 6.07) is 9.92. The van der Waals surface area contributed by atoms with Crippen molar-refractivity contribution >= 4 is 27.3 Å². The van der Waals surface area contributed by atoms with Crippen molar-refractivity contribution in [3.63, 3.8) is 0 Å². The number of hydrogen-bond donors (Lipinski definition) is 1. The van der Waals surface area contributed by atoms with E-state index in [4.69, 9.17) is 4.84 Å². The van der Waals surface area contributed by atoms with E-state index in [-0.39, 0.29) is 10.5 Å². The van der Waals surface area contributed by atoms with Crippen LogP contribution in [0.15, 0.2) is 47.4 Å². The summed E-state index contributed by atoms with van der Waals surface area (Å²) in [5.74, 6) is -0.981. The Morgan fingerprint density at radius 3 is 2.55 bits per heavy atom. The highest BCUT2D eigenvalue weighted by Gasteiger charge is 2.23. The van der Waals surface area contributed by atoms with E-state index in [0.717, 1.165) is 38.0 Å². The van der Waals surface area contributed by atoms with E-state index in [0.29, 0.717) is 10.2 Å². The van der Waals surface area contributed by atoms with Gasteiger partial charge in [0.05, 0.1) is 23.4 Å². The summed E-state index contributed by atoms with van der Waals surface area (Å²) in [5.41, 5.74) is 1.26. The topological polar surface area (TPSA) is 78.9 Å². The van der Waals surface area contributed by atoms with Gasteiger partial charge in [0.25, 0.3) is 15.9 Å². The fourth-order valence-corrected chi connectivity index (χ4v) is 4.28. The maximum Gasteiger partial charge on any atom is 0.264 e. The van der Waals surface area contributed by atoms with Gasteiger partial charge in [-0.05, 0) is 55.7 Å². The van der Waals surface area contributed by atoms with Crippen LogP contribution in [0.25, 0.3) is 0 Å². The van der Waals surface area contributed by atoms with Crippen LogP contribution in [0.2, 0.25) is 0 Å². The molecule has 1 amide bonds. The molecule has 7 nitrogen and oxygen atoms in total. The largest absolute Gasteiger partial charge is 0.370 e. The SMILES string of the molecule is CON(C)S(=O)(=O)c1cccc(C(=O)Nc2cc(F)ccc2N2CCCCC2)c1. The second-order valence-electron chi connectivity index (χ2n) is 6.79. The van der Waals surface area contributed by atoms with Crippen molar-refractivity contribution in [1.29, 1.82) is 0 Å². The highest BCUT2D eigenvalue weighted by molar-refractivity contribution is 7.89. The molecule has 0 saturated carbocycles. The average Bonchev–Trinajstić information content (AvgIpc) is 2.74. The molecule has 1 N–H and O–H groups in total. The van der Waals surface area contributed by atoms with Gasteiger partial charge in [-0.15, -0.1) is 0 Å². The summed E-state index contributed by atoms with van der Waals surface area (Å²) in [7, 11) is -1.39. The van der Waals surface area contributed by atoms with Gasteiger partial charge < -0.3 is 10.2 Å². The number of piperidine rings is 1. The maximum absolute atomic E-state index is 13.8. The van der Waals surface area contributed by atoms with E-state index in [9.17, 15) is 17.6 Å². The first-order valence-electron chi connectivity index (χ1n) is 9.32. The molecule has 29 heavy (non-hydrogen) atoms. The summed E-state index contributed by atoms with van der Waals surface area (Å²) < 4.78 is 39.4. The van der Waals surface area contributed by atoms with Crippen molar-refractivity contribution < 1.29 is 22.4 Å². The van der Waals surface area contributed by atoms with Crippen molar-refractivity contribution in [2.75, 3.05) is 37.5 Å². The minimum Gasteiger partial charge on any atom is -0.370 e. The zero-order valence-electron chi connectivity index (χ0n) is 16.4. The molecule has 2 aromatic rings. The van der Waals surface area contributed by atoms with Crippen molar-refractivity contribution in [3.05, 3.63) is 53.8 Å². The van der Waals surface area contributed by atoms with Gasteiger partial charge in [-0.25, -0.2) is 12.8 Å². The molecule has 0 spiro atoms. The van der Waals surface area contributed by atoms with Crippen LogP contribution in [-0.2, 0) is 14.9 Å². The molecule has 1 fully saturated rings. The number of benzene rings is 2. The summed E-state index contributed by atoms with van der Waals surface area (Å²) in [5, 5.41) is 2.73. The molecular formula is C20H24FN3O4S. The normalized spacial score (nSPS) is 14.8. The number of rotatable bonds is 6. The zero-order chi connectivity index (χ0) is 21.0. The first kappa shape index (κ1) is 21.2. The third-order valence-electron chi connectivity index (χ3n) is 4.89. The summed E-state index contributed by atoms with van der Waals surface area (Å²) >= 11 is 0. The Bertz CT molecular complexity index is 991. The number of nitrogens with zero attached hydrogens (tertiary/aromatic N) is 2. The second-order valence-corrected chi connectivity index (χ2v) is 8.72. The molecule has 0 aliphatic carbocycles. The van der Waals surface area contributed by atoms with Gasteiger partial charge in [-0.2, -0.15) is 0 Å². The second kappa shape index (κ2) is 8.89. The van der Waals surface area contributed by atoms with Gasteiger partial charge in [0, 0.05) is 25.7 Å². The van der Waals surface area contributed by atoms with Gasteiger partial charge in [0.1, 0.15) is 5.82 Å². The molecule has 1 aliphatic rings. The lowest BCUT2D eigenvalue weighted by molar-refractivity contribution is -0.0258. The van der Waals surface area contributed by atoms with E-state index >= 15 is 0 Å². The molecule has 1 saturated heterocycles. The molecular weight excluding hydrogens is 397 g/mol. The Morgan fingerprint density at radius 2 is 1.86 bits per heavy atom. The van der Waals surface area contributed by atoms with Crippen LogP contribution in [0.3, 0.4) is 0 Å². The van der Waals surface area contributed by atoms with Crippen molar-refractivity contribution in [1.82, 2.24) is 4.47 Å². The van der Waals surface area contributed by atoms with Crippen molar-refractivity contribution in [2.45, 2.75) is 24.2 Å². The minimum absolute atomic E-state index is 0.0787. The number of amides is 1. The monoisotopic (exact) mass is 421 g/mol. The lowest BCUT2D eigenvalue weighted by atomic mass is 10.1. The first-order valence-corrected chi connectivity index (χ1v) is 10.8.